The number of hydrogen-bond acceptors (Lipinski definition) is 2. The lowest BCUT2D eigenvalue weighted by Crippen LogP contribution is -2.21. The molecule has 94 valence electrons. The average Bonchev–Trinajstić information content (AvgIpc) is 2.81. The van der Waals surface area contributed by atoms with Crippen LogP contribution in [0.25, 0.3) is 0 Å². The number of amidine groups is 1. The molecular formula is C13H26N2O. The molecule has 0 spiro atoms. The van der Waals surface area contributed by atoms with Crippen molar-refractivity contribution in [3.63, 3.8) is 0 Å². The van der Waals surface area contributed by atoms with Crippen LogP contribution in [0.5, 0.6) is 0 Å². The summed E-state index contributed by atoms with van der Waals surface area (Å²) >= 11 is 0. The highest BCUT2D eigenvalue weighted by atomic mass is 16.5. The SMILES string of the molecule is CCCCOCCCN=C(N)C1CCCC1. The molecule has 3 nitrogen and oxygen atoms in total. The number of rotatable bonds is 8. The third-order valence-electron chi connectivity index (χ3n) is 3.16. The molecule has 0 aromatic rings. The molecule has 3 heteroatoms. The van der Waals surface area contributed by atoms with Crippen LogP contribution in [0.1, 0.15) is 51.9 Å². The summed E-state index contributed by atoms with van der Waals surface area (Å²) in [6, 6.07) is 0. The fourth-order valence-corrected chi connectivity index (χ4v) is 2.07. The highest BCUT2D eigenvalue weighted by Gasteiger charge is 2.17. The van der Waals surface area contributed by atoms with Crippen molar-refractivity contribution in [1.29, 1.82) is 0 Å². The predicted octanol–water partition coefficient (Wildman–Crippen LogP) is 2.74. The molecule has 1 aliphatic carbocycles. The Bertz CT molecular complexity index is 198. The van der Waals surface area contributed by atoms with Gasteiger partial charge >= 0.3 is 0 Å². The van der Waals surface area contributed by atoms with E-state index in [2.05, 4.69) is 11.9 Å². The van der Waals surface area contributed by atoms with E-state index in [1.54, 1.807) is 0 Å². The molecule has 0 bridgehead atoms. The molecule has 0 amide bonds. The maximum atomic E-state index is 5.95. The van der Waals surface area contributed by atoms with Crippen LogP contribution in [0.3, 0.4) is 0 Å². The van der Waals surface area contributed by atoms with Crippen molar-refractivity contribution in [2.75, 3.05) is 19.8 Å². The average molecular weight is 226 g/mol. The standard InChI is InChI=1S/C13H26N2O/c1-2-3-10-16-11-6-9-15-13(14)12-7-4-5-8-12/h12H,2-11H2,1H3,(H2,14,15). The molecule has 0 atom stereocenters. The Hall–Kier alpha value is -0.570. The van der Waals surface area contributed by atoms with Crippen LogP contribution in [0.15, 0.2) is 4.99 Å². The number of nitrogens with two attached hydrogens (primary N) is 1. The molecule has 16 heavy (non-hydrogen) atoms. The molecule has 0 saturated heterocycles. The number of aliphatic imine (C=N–C) groups is 1. The van der Waals surface area contributed by atoms with Crippen LogP contribution < -0.4 is 5.73 Å². The van der Waals surface area contributed by atoms with E-state index >= 15 is 0 Å². The van der Waals surface area contributed by atoms with Gasteiger partial charge in [-0.05, 0) is 25.7 Å². The Kier molecular flexibility index (Phi) is 7.23. The quantitative estimate of drug-likeness (QED) is 0.393. The summed E-state index contributed by atoms with van der Waals surface area (Å²) in [7, 11) is 0. The summed E-state index contributed by atoms with van der Waals surface area (Å²) in [6.45, 7) is 4.71. The first kappa shape index (κ1) is 13.5. The number of nitrogens with zero attached hydrogens (tertiary/aromatic N) is 1. The number of hydrogen-bond donors (Lipinski definition) is 1. The van der Waals surface area contributed by atoms with Gasteiger partial charge in [0.1, 0.15) is 0 Å². The molecule has 0 aromatic heterocycles. The van der Waals surface area contributed by atoms with E-state index in [1.807, 2.05) is 0 Å². The van der Waals surface area contributed by atoms with Crippen molar-refractivity contribution in [1.82, 2.24) is 0 Å². The van der Waals surface area contributed by atoms with E-state index < -0.39 is 0 Å². The first-order chi connectivity index (χ1) is 7.84. The minimum atomic E-state index is 0.570. The van der Waals surface area contributed by atoms with Gasteiger partial charge in [0.15, 0.2) is 0 Å². The third kappa shape index (κ3) is 5.50. The summed E-state index contributed by atoms with van der Waals surface area (Å²) < 4.78 is 5.47. The van der Waals surface area contributed by atoms with Gasteiger partial charge in [0.2, 0.25) is 0 Å². The molecule has 0 aromatic carbocycles. The molecule has 1 rings (SSSR count). The zero-order chi connectivity index (χ0) is 11.6. The van der Waals surface area contributed by atoms with E-state index in [-0.39, 0.29) is 0 Å². The van der Waals surface area contributed by atoms with Crippen LogP contribution in [0, 0.1) is 5.92 Å². The Morgan fingerprint density at radius 3 is 2.62 bits per heavy atom. The third-order valence-corrected chi connectivity index (χ3v) is 3.16. The Balaban J connectivity index is 1.98. The molecule has 0 heterocycles. The summed E-state index contributed by atoms with van der Waals surface area (Å²) in [5, 5.41) is 0. The van der Waals surface area contributed by atoms with E-state index in [4.69, 9.17) is 10.5 Å². The second-order valence-electron chi connectivity index (χ2n) is 4.61. The molecule has 1 saturated carbocycles. The van der Waals surface area contributed by atoms with Gasteiger partial charge in [-0.2, -0.15) is 0 Å². The lowest BCUT2D eigenvalue weighted by atomic mass is 10.1. The van der Waals surface area contributed by atoms with Crippen LogP contribution in [-0.2, 0) is 4.74 Å². The van der Waals surface area contributed by atoms with Crippen molar-refractivity contribution in [2.45, 2.75) is 51.9 Å². The summed E-state index contributed by atoms with van der Waals surface area (Å²) in [5.41, 5.74) is 5.95. The van der Waals surface area contributed by atoms with Gasteiger partial charge in [-0.15, -0.1) is 0 Å². The predicted molar refractivity (Wildman–Crippen MR) is 68.8 cm³/mol. The molecule has 2 N–H and O–H groups in total. The Labute approximate surface area is 99.5 Å². The fraction of sp³-hybridized carbons (Fsp3) is 0.923. The highest BCUT2D eigenvalue weighted by molar-refractivity contribution is 5.83. The minimum Gasteiger partial charge on any atom is -0.387 e. The lowest BCUT2D eigenvalue weighted by molar-refractivity contribution is 0.130. The van der Waals surface area contributed by atoms with Gasteiger partial charge in [0.05, 0.1) is 5.84 Å². The van der Waals surface area contributed by atoms with Crippen LogP contribution in [0.4, 0.5) is 0 Å². The van der Waals surface area contributed by atoms with Crippen molar-refractivity contribution >= 4 is 5.84 Å². The molecule has 0 radical (unpaired) electrons. The maximum absolute atomic E-state index is 5.95. The molecule has 0 unspecified atom stereocenters. The first-order valence-electron chi connectivity index (χ1n) is 6.72. The maximum Gasteiger partial charge on any atom is 0.0968 e. The van der Waals surface area contributed by atoms with Gasteiger partial charge in [-0.3, -0.25) is 4.99 Å². The van der Waals surface area contributed by atoms with Crippen molar-refractivity contribution in [2.24, 2.45) is 16.6 Å². The van der Waals surface area contributed by atoms with E-state index in [0.29, 0.717) is 5.92 Å². The zero-order valence-corrected chi connectivity index (χ0v) is 10.6. The first-order valence-corrected chi connectivity index (χ1v) is 6.72. The van der Waals surface area contributed by atoms with E-state index in [9.17, 15) is 0 Å². The van der Waals surface area contributed by atoms with Gasteiger partial charge in [-0.25, -0.2) is 0 Å². The highest BCUT2D eigenvalue weighted by Crippen LogP contribution is 2.24. The second-order valence-corrected chi connectivity index (χ2v) is 4.61. The molecule has 0 aliphatic heterocycles. The van der Waals surface area contributed by atoms with Crippen LogP contribution in [-0.4, -0.2) is 25.6 Å². The normalized spacial score (nSPS) is 18.2. The molecule has 1 aliphatic rings. The number of ether oxygens (including phenoxy) is 1. The molecular weight excluding hydrogens is 200 g/mol. The van der Waals surface area contributed by atoms with Gasteiger partial charge in [0, 0.05) is 25.7 Å². The summed E-state index contributed by atoms with van der Waals surface area (Å²) in [5.74, 6) is 1.45. The van der Waals surface area contributed by atoms with Gasteiger partial charge in [-0.1, -0.05) is 26.2 Å². The fourth-order valence-electron chi connectivity index (χ4n) is 2.07. The lowest BCUT2D eigenvalue weighted by Gasteiger charge is -2.08. The Morgan fingerprint density at radius 1 is 1.25 bits per heavy atom. The van der Waals surface area contributed by atoms with Crippen molar-refractivity contribution in [3.8, 4) is 0 Å². The van der Waals surface area contributed by atoms with Crippen molar-refractivity contribution in [3.05, 3.63) is 0 Å². The minimum absolute atomic E-state index is 0.570. The number of unbranched alkanes of at least 4 members (excludes halogenated alkanes) is 1. The van der Waals surface area contributed by atoms with Crippen LogP contribution in [0.2, 0.25) is 0 Å². The topological polar surface area (TPSA) is 47.6 Å². The van der Waals surface area contributed by atoms with E-state index in [1.165, 1.54) is 32.1 Å². The summed E-state index contributed by atoms with van der Waals surface area (Å²) in [4.78, 5) is 4.44. The smallest absolute Gasteiger partial charge is 0.0968 e. The van der Waals surface area contributed by atoms with E-state index in [0.717, 1.165) is 38.4 Å². The monoisotopic (exact) mass is 226 g/mol. The van der Waals surface area contributed by atoms with Crippen LogP contribution >= 0.6 is 0 Å². The zero-order valence-electron chi connectivity index (χ0n) is 10.6. The second kappa shape index (κ2) is 8.57. The largest absolute Gasteiger partial charge is 0.387 e. The Morgan fingerprint density at radius 2 is 1.94 bits per heavy atom. The van der Waals surface area contributed by atoms with Gasteiger partial charge < -0.3 is 10.5 Å². The summed E-state index contributed by atoms with van der Waals surface area (Å²) in [6.07, 6.45) is 8.48. The van der Waals surface area contributed by atoms with Crippen molar-refractivity contribution < 1.29 is 4.74 Å². The van der Waals surface area contributed by atoms with Gasteiger partial charge in [0.25, 0.3) is 0 Å². The molecule has 1 fully saturated rings.